The number of hydrogen-bond acceptors (Lipinski definition) is 1. The van der Waals surface area contributed by atoms with E-state index in [1.807, 2.05) is 0 Å². The van der Waals surface area contributed by atoms with Crippen LogP contribution in [0, 0.1) is 6.92 Å². The van der Waals surface area contributed by atoms with Gasteiger partial charge in [-0.15, -0.1) is 0 Å². The third kappa shape index (κ3) is 2.18. The Labute approximate surface area is 127 Å². The zero-order valence-electron chi connectivity index (χ0n) is 11.7. The maximum absolute atomic E-state index is 5.58. The molecule has 1 nitrogen and oxygen atoms in total. The first-order valence-electron chi connectivity index (χ1n) is 6.91. The van der Waals surface area contributed by atoms with Crippen LogP contribution in [0.4, 0.5) is 0 Å². The van der Waals surface area contributed by atoms with Crippen LogP contribution in [-0.2, 0) is 6.42 Å². The number of benzene rings is 2. The minimum absolute atomic E-state index is 0.169. The largest absolute Gasteiger partial charge is 0.469 e. The molecule has 2 heteroatoms. The lowest BCUT2D eigenvalue weighted by atomic mass is 9.94. The van der Waals surface area contributed by atoms with Crippen molar-refractivity contribution in [2.75, 3.05) is 0 Å². The molecule has 102 valence electrons. The van der Waals surface area contributed by atoms with Crippen LogP contribution < -0.4 is 0 Å². The molecule has 1 atom stereocenters. The summed E-state index contributed by atoms with van der Waals surface area (Å²) in [6.07, 6.45) is 2.69. The van der Waals surface area contributed by atoms with E-state index in [2.05, 4.69) is 72.2 Å². The lowest BCUT2D eigenvalue weighted by molar-refractivity contribution is 0.512. The summed E-state index contributed by atoms with van der Waals surface area (Å²) in [4.78, 5) is 0.169. The van der Waals surface area contributed by atoms with Gasteiger partial charge in [0, 0.05) is 12.0 Å². The Balaban J connectivity index is 2.21. The summed E-state index contributed by atoms with van der Waals surface area (Å²) >= 11 is 3.88. The second kappa shape index (κ2) is 5.45. The summed E-state index contributed by atoms with van der Waals surface area (Å²) in [5.41, 5.74) is 3.86. The molecule has 0 radical (unpaired) electrons. The van der Waals surface area contributed by atoms with Crippen molar-refractivity contribution in [2.45, 2.75) is 25.1 Å². The van der Waals surface area contributed by atoms with Crippen LogP contribution in [0.15, 0.2) is 53.1 Å². The summed E-state index contributed by atoms with van der Waals surface area (Å²) in [6, 6.07) is 15.0. The van der Waals surface area contributed by atoms with Crippen molar-refractivity contribution in [3.8, 4) is 0 Å². The van der Waals surface area contributed by atoms with Gasteiger partial charge < -0.3 is 4.42 Å². The Kier molecular flexibility index (Phi) is 3.66. The van der Waals surface area contributed by atoms with E-state index in [0.717, 1.165) is 12.2 Å². The van der Waals surface area contributed by atoms with Crippen LogP contribution in [0.5, 0.6) is 0 Å². The summed E-state index contributed by atoms with van der Waals surface area (Å²) < 4.78 is 5.58. The molecule has 20 heavy (non-hydrogen) atoms. The number of rotatable bonds is 3. The van der Waals surface area contributed by atoms with Gasteiger partial charge in [0.1, 0.15) is 5.76 Å². The Hall–Kier alpha value is -1.54. The molecule has 3 rings (SSSR count). The minimum atomic E-state index is 0.169. The molecule has 0 amide bonds. The van der Waals surface area contributed by atoms with Gasteiger partial charge in [0.05, 0.1) is 11.1 Å². The molecule has 1 aromatic heterocycles. The SMILES string of the molecule is CCc1occc1C(Br)c1c(C)ccc2ccccc12. The Morgan fingerprint density at radius 1 is 1.10 bits per heavy atom. The molecule has 0 saturated carbocycles. The number of furan rings is 1. The maximum Gasteiger partial charge on any atom is 0.108 e. The topological polar surface area (TPSA) is 13.1 Å². The molecule has 0 spiro atoms. The number of alkyl halides is 1. The monoisotopic (exact) mass is 328 g/mol. The predicted molar refractivity (Wildman–Crippen MR) is 87.5 cm³/mol. The molecule has 0 aliphatic carbocycles. The van der Waals surface area contributed by atoms with E-state index < -0.39 is 0 Å². The average Bonchev–Trinajstić information content (AvgIpc) is 2.95. The Morgan fingerprint density at radius 3 is 2.70 bits per heavy atom. The fraction of sp³-hybridized carbons (Fsp3) is 0.222. The average molecular weight is 329 g/mol. The first-order chi connectivity index (χ1) is 9.72. The summed E-state index contributed by atoms with van der Waals surface area (Å²) in [6.45, 7) is 4.29. The second-order valence-electron chi connectivity index (χ2n) is 5.03. The van der Waals surface area contributed by atoms with Gasteiger partial charge in [-0.1, -0.05) is 59.3 Å². The van der Waals surface area contributed by atoms with Crippen molar-refractivity contribution in [3.05, 3.63) is 71.2 Å². The molecule has 2 aromatic carbocycles. The van der Waals surface area contributed by atoms with Gasteiger partial charge in [0.25, 0.3) is 0 Å². The van der Waals surface area contributed by atoms with Crippen molar-refractivity contribution >= 4 is 26.7 Å². The number of aryl methyl sites for hydroxylation is 2. The normalized spacial score (nSPS) is 12.8. The first kappa shape index (κ1) is 13.4. The zero-order valence-corrected chi connectivity index (χ0v) is 13.3. The van der Waals surface area contributed by atoms with Gasteiger partial charge >= 0.3 is 0 Å². The van der Waals surface area contributed by atoms with Crippen molar-refractivity contribution in [1.29, 1.82) is 0 Å². The second-order valence-corrected chi connectivity index (χ2v) is 5.95. The van der Waals surface area contributed by atoms with E-state index in [4.69, 9.17) is 4.42 Å². The third-order valence-electron chi connectivity index (χ3n) is 3.82. The van der Waals surface area contributed by atoms with Crippen molar-refractivity contribution in [2.24, 2.45) is 0 Å². The maximum atomic E-state index is 5.58. The summed E-state index contributed by atoms with van der Waals surface area (Å²) in [7, 11) is 0. The lowest BCUT2D eigenvalue weighted by Crippen LogP contribution is -1.99. The number of hydrogen-bond donors (Lipinski definition) is 0. The van der Waals surface area contributed by atoms with Gasteiger partial charge in [-0.2, -0.15) is 0 Å². The van der Waals surface area contributed by atoms with Gasteiger partial charge in [-0.3, -0.25) is 0 Å². The van der Waals surface area contributed by atoms with E-state index >= 15 is 0 Å². The van der Waals surface area contributed by atoms with Crippen LogP contribution in [0.1, 0.15) is 34.2 Å². The molecule has 0 N–H and O–H groups in total. The molecular weight excluding hydrogens is 312 g/mol. The Bertz CT molecular complexity index is 742. The number of fused-ring (bicyclic) bond motifs is 1. The summed E-state index contributed by atoms with van der Waals surface area (Å²) in [5.74, 6) is 1.05. The van der Waals surface area contributed by atoms with Gasteiger partial charge in [0.2, 0.25) is 0 Å². The van der Waals surface area contributed by atoms with E-state index in [0.29, 0.717) is 0 Å². The molecule has 1 heterocycles. The standard InChI is InChI=1S/C18H17BrO/c1-3-16-15(10-11-20-16)18(19)17-12(2)8-9-13-6-4-5-7-14(13)17/h4-11,18H,3H2,1-2H3. The first-order valence-corrected chi connectivity index (χ1v) is 7.82. The predicted octanol–water partition coefficient (Wildman–Crippen LogP) is 5.79. The number of halogens is 1. The molecule has 0 fully saturated rings. The molecule has 0 saturated heterocycles. The van der Waals surface area contributed by atoms with E-state index in [1.54, 1.807) is 6.26 Å². The van der Waals surface area contributed by atoms with E-state index in [-0.39, 0.29) is 4.83 Å². The van der Waals surface area contributed by atoms with Crippen LogP contribution in [0.3, 0.4) is 0 Å². The Morgan fingerprint density at radius 2 is 1.90 bits per heavy atom. The molecule has 0 bridgehead atoms. The lowest BCUT2D eigenvalue weighted by Gasteiger charge is -2.16. The zero-order chi connectivity index (χ0) is 14.1. The van der Waals surface area contributed by atoms with Gasteiger partial charge in [-0.25, -0.2) is 0 Å². The van der Waals surface area contributed by atoms with Gasteiger partial charge in [0.15, 0.2) is 0 Å². The van der Waals surface area contributed by atoms with Crippen molar-refractivity contribution in [3.63, 3.8) is 0 Å². The molecule has 0 aliphatic rings. The third-order valence-corrected chi connectivity index (χ3v) is 4.77. The van der Waals surface area contributed by atoms with Crippen molar-refractivity contribution in [1.82, 2.24) is 0 Å². The fourth-order valence-corrected chi connectivity index (χ4v) is 3.78. The van der Waals surface area contributed by atoms with E-state index in [9.17, 15) is 0 Å². The molecular formula is C18H17BrO. The quantitative estimate of drug-likeness (QED) is 0.555. The highest BCUT2D eigenvalue weighted by Gasteiger charge is 2.19. The summed E-state index contributed by atoms with van der Waals surface area (Å²) in [5, 5.41) is 2.58. The highest BCUT2D eigenvalue weighted by molar-refractivity contribution is 9.09. The fourth-order valence-electron chi connectivity index (χ4n) is 2.76. The highest BCUT2D eigenvalue weighted by Crippen LogP contribution is 2.39. The highest BCUT2D eigenvalue weighted by atomic mass is 79.9. The van der Waals surface area contributed by atoms with E-state index in [1.165, 1.54) is 27.5 Å². The van der Waals surface area contributed by atoms with Crippen LogP contribution in [-0.4, -0.2) is 0 Å². The smallest absolute Gasteiger partial charge is 0.108 e. The van der Waals surface area contributed by atoms with Gasteiger partial charge in [-0.05, 0) is 34.9 Å². The van der Waals surface area contributed by atoms with Crippen LogP contribution in [0.25, 0.3) is 10.8 Å². The molecule has 3 aromatic rings. The van der Waals surface area contributed by atoms with Crippen LogP contribution >= 0.6 is 15.9 Å². The minimum Gasteiger partial charge on any atom is -0.469 e. The molecule has 1 unspecified atom stereocenters. The molecule has 0 aliphatic heterocycles. The van der Waals surface area contributed by atoms with Crippen molar-refractivity contribution < 1.29 is 4.42 Å². The van der Waals surface area contributed by atoms with Crippen LogP contribution in [0.2, 0.25) is 0 Å².